The summed E-state index contributed by atoms with van der Waals surface area (Å²) < 4.78 is 0. The van der Waals surface area contributed by atoms with Crippen molar-refractivity contribution in [1.82, 2.24) is 4.90 Å². The highest BCUT2D eigenvalue weighted by Crippen LogP contribution is 2.10. The van der Waals surface area contributed by atoms with E-state index in [-0.39, 0.29) is 6.54 Å². The number of carboxylic acids is 1. The summed E-state index contributed by atoms with van der Waals surface area (Å²) in [7, 11) is 0. The highest BCUT2D eigenvalue weighted by atomic mass is 16.4. The van der Waals surface area contributed by atoms with Gasteiger partial charge in [-0.3, -0.25) is 9.69 Å². The fraction of sp³-hybridized carbons (Fsp3) is 0.900. The van der Waals surface area contributed by atoms with E-state index < -0.39 is 5.97 Å². The third-order valence-corrected chi connectivity index (χ3v) is 2.39. The van der Waals surface area contributed by atoms with Crippen molar-refractivity contribution in [2.45, 2.75) is 40.2 Å². The van der Waals surface area contributed by atoms with Crippen LogP contribution in [-0.4, -0.2) is 35.1 Å². The number of carboxylic acid groups (broad SMARTS) is 1. The topological polar surface area (TPSA) is 40.5 Å². The van der Waals surface area contributed by atoms with Crippen molar-refractivity contribution in [1.29, 1.82) is 0 Å². The Morgan fingerprint density at radius 3 is 2.23 bits per heavy atom. The van der Waals surface area contributed by atoms with Crippen molar-refractivity contribution in [2.75, 3.05) is 13.1 Å². The van der Waals surface area contributed by atoms with Gasteiger partial charge in [0.1, 0.15) is 0 Å². The maximum Gasteiger partial charge on any atom is 0.317 e. The largest absolute Gasteiger partial charge is 0.480 e. The van der Waals surface area contributed by atoms with Crippen molar-refractivity contribution in [2.24, 2.45) is 5.92 Å². The summed E-state index contributed by atoms with van der Waals surface area (Å²) in [6.45, 7) is 9.42. The van der Waals surface area contributed by atoms with Crippen LogP contribution in [0.3, 0.4) is 0 Å². The average molecular weight is 187 g/mol. The molecule has 0 spiro atoms. The van der Waals surface area contributed by atoms with E-state index >= 15 is 0 Å². The zero-order chi connectivity index (χ0) is 10.4. The molecule has 0 amide bonds. The number of hydrogen-bond acceptors (Lipinski definition) is 2. The van der Waals surface area contributed by atoms with E-state index in [1.165, 1.54) is 0 Å². The number of nitrogens with zero attached hydrogens (tertiary/aromatic N) is 1. The van der Waals surface area contributed by atoms with Crippen molar-refractivity contribution < 1.29 is 9.90 Å². The quantitative estimate of drug-likeness (QED) is 0.689. The van der Waals surface area contributed by atoms with Crippen LogP contribution < -0.4 is 0 Å². The monoisotopic (exact) mass is 187 g/mol. The molecule has 0 aliphatic rings. The molecule has 0 saturated heterocycles. The van der Waals surface area contributed by atoms with E-state index in [4.69, 9.17) is 5.11 Å². The van der Waals surface area contributed by atoms with Gasteiger partial charge < -0.3 is 5.11 Å². The highest BCUT2D eigenvalue weighted by molar-refractivity contribution is 5.69. The van der Waals surface area contributed by atoms with Crippen molar-refractivity contribution in [3.63, 3.8) is 0 Å². The maximum atomic E-state index is 10.6. The van der Waals surface area contributed by atoms with Gasteiger partial charge in [0.15, 0.2) is 0 Å². The van der Waals surface area contributed by atoms with Crippen molar-refractivity contribution >= 4 is 5.97 Å². The van der Waals surface area contributed by atoms with E-state index in [1.807, 2.05) is 4.90 Å². The summed E-state index contributed by atoms with van der Waals surface area (Å²) in [6.07, 6.45) is 1.00. The summed E-state index contributed by atoms with van der Waals surface area (Å²) >= 11 is 0. The van der Waals surface area contributed by atoms with Crippen LogP contribution in [0, 0.1) is 5.92 Å². The molecule has 1 atom stereocenters. The number of carbonyl (C=O) groups is 1. The first-order valence-electron chi connectivity index (χ1n) is 4.94. The Balaban J connectivity index is 4.14. The minimum absolute atomic E-state index is 0.160. The average Bonchev–Trinajstić information content (AvgIpc) is 2.01. The molecule has 0 aromatic carbocycles. The van der Waals surface area contributed by atoms with E-state index in [2.05, 4.69) is 27.7 Å². The molecule has 0 rings (SSSR count). The van der Waals surface area contributed by atoms with Crippen LogP contribution >= 0.6 is 0 Å². The minimum Gasteiger partial charge on any atom is -0.480 e. The number of aliphatic carboxylic acids is 1. The second-order valence-electron chi connectivity index (χ2n) is 3.85. The summed E-state index contributed by atoms with van der Waals surface area (Å²) in [5.74, 6) is -0.230. The van der Waals surface area contributed by atoms with Crippen molar-refractivity contribution in [3.8, 4) is 0 Å². The fourth-order valence-corrected chi connectivity index (χ4v) is 1.31. The zero-order valence-corrected chi connectivity index (χ0v) is 9.08. The maximum absolute atomic E-state index is 10.6. The lowest BCUT2D eigenvalue weighted by Gasteiger charge is -2.29. The van der Waals surface area contributed by atoms with Gasteiger partial charge in [0.05, 0.1) is 6.54 Å². The predicted octanol–water partition coefficient (Wildman–Crippen LogP) is 1.83. The fourth-order valence-electron chi connectivity index (χ4n) is 1.31. The van der Waals surface area contributed by atoms with Gasteiger partial charge in [-0.2, -0.15) is 0 Å². The summed E-state index contributed by atoms with van der Waals surface area (Å²) in [5, 5.41) is 8.70. The van der Waals surface area contributed by atoms with Crippen LogP contribution in [0.4, 0.5) is 0 Å². The SMILES string of the molecule is CCCN(CC(=O)O)C(C)C(C)C. The lowest BCUT2D eigenvalue weighted by molar-refractivity contribution is -0.139. The van der Waals surface area contributed by atoms with Crippen molar-refractivity contribution in [3.05, 3.63) is 0 Å². The van der Waals surface area contributed by atoms with Gasteiger partial charge in [-0.1, -0.05) is 20.8 Å². The summed E-state index contributed by atoms with van der Waals surface area (Å²) in [6, 6.07) is 0.344. The Morgan fingerprint density at radius 2 is 1.92 bits per heavy atom. The van der Waals surface area contributed by atoms with E-state index in [1.54, 1.807) is 0 Å². The molecule has 0 bridgehead atoms. The molecule has 3 heteroatoms. The molecule has 0 aliphatic heterocycles. The van der Waals surface area contributed by atoms with Crippen LogP contribution in [0.2, 0.25) is 0 Å². The Hall–Kier alpha value is -0.570. The second-order valence-corrected chi connectivity index (χ2v) is 3.85. The van der Waals surface area contributed by atoms with Crippen LogP contribution in [-0.2, 0) is 4.79 Å². The Labute approximate surface area is 80.7 Å². The van der Waals surface area contributed by atoms with Gasteiger partial charge in [-0.15, -0.1) is 0 Å². The van der Waals surface area contributed by atoms with Gasteiger partial charge in [0.2, 0.25) is 0 Å². The Bertz CT molecular complexity index is 157. The Kier molecular flexibility index (Phi) is 5.71. The molecule has 78 valence electrons. The number of rotatable bonds is 6. The molecule has 0 radical (unpaired) electrons. The molecule has 1 N–H and O–H groups in total. The molecule has 0 aromatic heterocycles. The van der Waals surface area contributed by atoms with E-state index in [9.17, 15) is 4.79 Å². The molecular weight excluding hydrogens is 166 g/mol. The first kappa shape index (κ1) is 12.4. The van der Waals surface area contributed by atoms with Gasteiger partial charge in [0, 0.05) is 6.04 Å². The molecule has 0 aliphatic carbocycles. The van der Waals surface area contributed by atoms with Gasteiger partial charge in [0.25, 0.3) is 0 Å². The second kappa shape index (κ2) is 5.97. The predicted molar refractivity (Wildman–Crippen MR) is 53.8 cm³/mol. The minimum atomic E-state index is -0.735. The van der Waals surface area contributed by atoms with Gasteiger partial charge >= 0.3 is 5.97 Å². The molecule has 1 unspecified atom stereocenters. The molecule has 0 fully saturated rings. The third-order valence-electron chi connectivity index (χ3n) is 2.39. The Morgan fingerprint density at radius 1 is 1.38 bits per heavy atom. The molecular formula is C10H21NO2. The van der Waals surface area contributed by atoms with Gasteiger partial charge in [-0.05, 0) is 25.8 Å². The van der Waals surface area contributed by atoms with E-state index in [0.29, 0.717) is 12.0 Å². The molecule has 13 heavy (non-hydrogen) atoms. The smallest absolute Gasteiger partial charge is 0.317 e. The molecule has 0 saturated carbocycles. The van der Waals surface area contributed by atoms with Crippen LogP contribution in [0.5, 0.6) is 0 Å². The highest BCUT2D eigenvalue weighted by Gasteiger charge is 2.18. The van der Waals surface area contributed by atoms with Crippen LogP contribution in [0.25, 0.3) is 0 Å². The van der Waals surface area contributed by atoms with Crippen LogP contribution in [0.1, 0.15) is 34.1 Å². The normalized spacial score (nSPS) is 13.7. The lowest BCUT2D eigenvalue weighted by Crippen LogP contribution is -2.40. The molecule has 3 nitrogen and oxygen atoms in total. The standard InChI is InChI=1S/C10H21NO2/c1-5-6-11(7-10(12)13)9(4)8(2)3/h8-9H,5-7H2,1-4H3,(H,12,13). The number of hydrogen-bond donors (Lipinski definition) is 1. The van der Waals surface area contributed by atoms with Crippen LogP contribution in [0.15, 0.2) is 0 Å². The summed E-state index contributed by atoms with van der Waals surface area (Å²) in [5.41, 5.74) is 0. The lowest BCUT2D eigenvalue weighted by atomic mass is 10.0. The van der Waals surface area contributed by atoms with Gasteiger partial charge in [-0.25, -0.2) is 0 Å². The molecule has 0 aromatic rings. The molecule has 0 heterocycles. The summed E-state index contributed by atoms with van der Waals surface area (Å²) in [4.78, 5) is 12.6. The third kappa shape index (κ3) is 4.88. The zero-order valence-electron chi connectivity index (χ0n) is 9.08. The first-order valence-corrected chi connectivity index (χ1v) is 4.94. The first-order chi connectivity index (χ1) is 5.99. The van der Waals surface area contributed by atoms with E-state index in [0.717, 1.165) is 13.0 Å².